The number of aryl methyl sites for hydroxylation is 1. The average molecular weight is 307 g/mol. The molecule has 1 aromatic carbocycles. The maximum absolute atomic E-state index is 12.1. The molecule has 1 heterocycles. The molecule has 0 unspecified atom stereocenters. The van der Waals surface area contributed by atoms with Gasteiger partial charge < -0.3 is 10.4 Å². The topological polar surface area (TPSA) is 62.2 Å². The van der Waals surface area contributed by atoms with E-state index in [-0.39, 0.29) is 12.5 Å². The van der Waals surface area contributed by atoms with Crippen LogP contribution in [0.25, 0.3) is 0 Å². The van der Waals surface area contributed by atoms with Gasteiger partial charge >= 0.3 is 0 Å². The van der Waals surface area contributed by atoms with Gasteiger partial charge in [-0.25, -0.2) is 4.98 Å². The van der Waals surface area contributed by atoms with Crippen molar-refractivity contribution in [1.29, 1.82) is 0 Å². The summed E-state index contributed by atoms with van der Waals surface area (Å²) in [6.45, 7) is 1.58. The second-order valence-corrected chi connectivity index (χ2v) is 5.35. The van der Waals surface area contributed by atoms with Gasteiger partial charge in [0.2, 0.25) is 0 Å². The first-order valence-electron chi connectivity index (χ1n) is 5.73. The highest BCUT2D eigenvalue weighted by Crippen LogP contribution is 2.21. The van der Waals surface area contributed by atoms with E-state index in [1.54, 1.807) is 23.6 Å². The smallest absolute Gasteiger partial charge is 0.275 e. The number of nitrogens with zero attached hydrogens (tertiary/aromatic N) is 1. The summed E-state index contributed by atoms with van der Waals surface area (Å²) >= 11 is 7.33. The molecule has 0 bridgehead atoms. The fourth-order valence-electron chi connectivity index (χ4n) is 1.52. The third kappa shape index (κ3) is 3.58. The fourth-order valence-corrected chi connectivity index (χ4v) is 2.28. The summed E-state index contributed by atoms with van der Waals surface area (Å²) < 4.78 is 0. The van der Waals surface area contributed by atoms with Crippen LogP contribution < -0.4 is 5.32 Å². The van der Waals surface area contributed by atoms with Crippen LogP contribution in [0, 0.1) is 18.8 Å². The number of hydrogen-bond donors (Lipinski definition) is 2. The zero-order valence-electron chi connectivity index (χ0n) is 10.6. The van der Waals surface area contributed by atoms with Gasteiger partial charge in [-0.15, -0.1) is 11.3 Å². The van der Waals surface area contributed by atoms with Crippen LogP contribution in [0.5, 0.6) is 0 Å². The molecule has 20 heavy (non-hydrogen) atoms. The zero-order valence-corrected chi connectivity index (χ0v) is 12.2. The molecule has 6 heteroatoms. The van der Waals surface area contributed by atoms with Crippen molar-refractivity contribution in [2.45, 2.75) is 6.92 Å². The van der Waals surface area contributed by atoms with Crippen molar-refractivity contribution >= 4 is 34.5 Å². The molecule has 0 aliphatic heterocycles. The van der Waals surface area contributed by atoms with Crippen molar-refractivity contribution in [2.75, 3.05) is 11.9 Å². The summed E-state index contributed by atoms with van der Waals surface area (Å²) in [5.74, 6) is 4.98. The zero-order chi connectivity index (χ0) is 14.5. The maximum Gasteiger partial charge on any atom is 0.275 e. The van der Waals surface area contributed by atoms with Gasteiger partial charge in [-0.05, 0) is 25.1 Å². The number of hydrogen-bond acceptors (Lipinski definition) is 4. The molecule has 2 N–H and O–H groups in total. The Bertz CT molecular complexity index is 701. The number of thiazole rings is 1. The SMILES string of the molecule is Cc1nc(C(=O)Nc2cc(Cl)ccc2C#CCO)cs1. The first kappa shape index (κ1) is 14.5. The molecule has 1 amide bonds. The summed E-state index contributed by atoms with van der Waals surface area (Å²) in [7, 11) is 0. The van der Waals surface area contributed by atoms with E-state index in [0.29, 0.717) is 22.0 Å². The van der Waals surface area contributed by atoms with Crippen molar-refractivity contribution in [2.24, 2.45) is 0 Å². The lowest BCUT2D eigenvalue weighted by Gasteiger charge is -2.06. The van der Waals surface area contributed by atoms with Crippen molar-refractivity contribution in [1.82, 2.24) is 4.98 Å². The summed E-state index contributed by atoms with van der Waals surface area (Å²) in [6.07, 6.45) is 0. The second kappa shape index (κ2) is 6.53. The Kier molecular flexibility index (Phi) is 4.74. The number of anilines is 1. The van der Waals surface area contributed by atoms with E-state index in [9.17, 15) is 4.79 Å². The Morgan fingerprint density at radius 3 is 3.00 bits per heavy atom. The van der Waals surface area contributed by atoms with E-state index >= 15 is 0 Å². The number of amides is 1. The standard InChI is InChI=1S/C14H11ClN2O2S/c1-9-16-13(8-20-9)14(19)17-12-7-11(15)5-4-10(12)3-2-6-18/h4-5,7-8,18H,6H2,1H3,(H,17,19). The predicted octanol–water partition coefficient (Wildman–Crippen LogP) is 2.70. The van der Waals surface area contributed by atoms with Crippen LogP contribution in [0.4, 0.5) is 5.69 Å². The van der Waals surface area contributed by atoms with Crippen LogP contribution in [-0.4, -0.2) is 22.6 Å². The Morgan fingerprint density at radius 1 is 1.55 bits per heavy atom. The van der Waals surface area contributed by atoms with Crippen LogP contribution in [0.3, 0.4) is 0 Å². The third-order valence-corrected chi connectivity index (χ3v) is 3.39. The van der Waals surface area contributed by atoms with Gasteiger partial charge in [0.25, 0.3) is 5.91 Å². The average Bonchev–Trinajstić information content (AvgIpc) is 2.85. The number of halogens is 1. The highest BCUT2D eigenvalue weighted by molar-refractivity contribution is 7.09. The molecule has 102 valence electrons. The number of carbonyl (C=O) groups excluding carboxylic acids is 1. The lowest BCUT2D eigenvalue weighted by atomic mass is 10.1. The quantitative estimate of drug-likeness (QED) is 0.839. The van der Waals surface area contributed by atoms with Gasteiger partial charge in [-0.3, -0.25) is 4.79 Å². The van der Waals surface area contributed by atoms with E-state index in [2.05, 4.69) is 22.1 Å². The number of aliphatic hydroxyl groups excluding tert-OH is 1. The largest absolute Gasteiger partial charge is 0.384 e. The number of nitrogens with one attached hydrogen (secondary N) is 1. The molecule has 0 fully saturated rings. The molecule has 0 atom stereocenters. The summed E-state index contributed by atoms with van der Waals surface area (Å²) in [4.78, 5) is 16.2. The minimum Gasteiger partial charge on any atom is -0.384 e. The van der Waals surface area contributed by atoms with Crippen LogP contribution in [0.1, 0.15) is 21.1 Å². The van der Waals surface area contributed by atoms with E-state index in [1.165, 1.54) is 11.3 Å². The van der Waals surface area contributed by atoms with Gasteiger partial charge in [-0.1, -0.05) is 23.4 Å². The first-order valence-corrected chi connectivity index (χ1v) is 6.98. The Morgan fingerprint density at radius 2 is 2.35 bits per heavy atom. The normalized spacial score (nSPS) is 9.75. The van der Waals surface area contributed by atoms with Gasteiger partial charge in [0, 0.05) is 16.0 Å². The molecule has 1 aromatic heterocycles. The van der Waals surface area contributed by atoms with Crippen LogP contribution >= 0.6 is 22.9 Å². The summed E-state index contributed by atoms with van der Waals surface area (Å²) in [5, 5.41) is 14.5. The summed E-state index contributed by atoms with van der Waals surface area (Å²) in [5.41, 5.74) is 1.44. The van der Waals surface area contributed by atoms with Crippen molar-refractivity contribution in [3.05, 3.63) is 44.9 Å². The van der Waals surface area contributed by atoms with Gasteiger partial charge in [-0.2, -0.15) is 0 Å². The number of aromatic nitrogens is 1. The fraction of sp³-hybridized carbons (Fsp3) is 0.143. The molecule has 0 saturated heterocycles. The Balaban J connectivity index is 2.28. The van der Waals surface area contributed by atoms with Crippen LogP contribution in [0.15, 0.2) is 23.6 Å². The van der Waals surface area contributed by atoms with Gasteiger partial charge in [0.05, 0.1) is 10.7 Å². The van der Waals surface area contributed by atoms with Gasteiger partial charge in [0.15, 0.2) is 0 Å². The van der Waals surface area contributed by atoms with E-state index < -0.39 is 0 Å². The molecule has 4 nitrogen and oxygen atoms in total. The Hall–Kier alpha value is -1.87. The van der Waals surface area contributed by atoms with Crippen LogP contribution in [-0.2, 0) is 0 Å². The monoisotopic (exact) mass is 306 g/mol. The van der Waals surface area contributed by atoms with Crippen LogP contribution in [0.2, 0.25) is 5.02 Å². The first-order chi connectivity index (χ1) is 9.60. The van der Waals surface area contributed by atoms with E-state index in [1.807, 2.05) is 6.92 Å². The molecule has 2 aromatic rings. The summed E-state index contributed by atoms with van der Waals surface area (Å²) in [6, 6.07) is 4.97. The van der Waals surface area contributed by atoms with Crippen molar-refractivity contribution in [3.63, 3.8) is 0 Å². The highest BCUT2D eigenvalue weighted by Gasteiger charge is 2.11. The van der Waals surface area contributed by atoms with Gasteiger partial charge in [0.1, 0.15) is 12.3 Å². The number of carbonyl (C=O) groups is 1. The molecule has 0 spiro atoms. The number of aliphatic hydroxyl groups is 1. The lowest BCUT2D eigenvalue weighted by Crippen LogP contribution is -2.13. The number of rotatable bonds is 2. The minimum atomic E-state index is -0.316. The molecule has 0 aliphatic rings. The van der Waals surface area contributed by atoms with E-state index in [4.69, 9.17) is 16.7 Å². The molecule has 0 saturated carbocycles. The highest BCUT2D eigenvalue weighted by atomic mass is 35.5. The second-order valence-electron chi connectivity index (χ2n) is 3.86. The Labute approximate surface area is 125 Å². The third-order valence-electron chi connectivity index (χ3n) is 2.38. The molecular weight excluding hydrogens is 296 g/mol. The maximum atomic E-state index is 12.1. The van der Waals surface area contributed by atoms with E-state index in [0.717, 1.165) is 5.01 Å². The van der Waals surface area contributed by atoms with Crippen molar-refractivity contribution in [3.8, 4) is 11.8 Å². The van der Waals surface area contributed by atoms with Crippen molar-refractivity contribution < 1.29 is 9.90 Å². The predicted molar refractivity (Wildman–Crippen MR) is 80.2 cm³/mol. The lowest BCUT2D eigenvalue weighted by molar-refractivity contribution is 0.102. The number of benzene rings is 1. The molecular formula is C14H11ClN2O2S. The molecule has 2 rings (SSSR count). The molecule has 0 aliphatic carbocycles. The minimum absolute atomic E-state index is 0.249. The molecule has 0 radical (unpaired) electrons.